The first-order valence-corrected chi connectivity index (χ1v) is 7.28. The number of rotatable bonds is 5. The van der Waals surface area contributed by atoms with Crippen molar-refractivity contribution in [3.8, 4) is 0 Å². The zero-order chi connectivity index (χ0) is 14.0. The third-order valence-corrected chi connectivity index (χ3v) is 4.53. The van der Waals surface area contributed by atoms with Crippen LogP contribution in [0.15, 0.2) is 30.3 Å². The number of nitrogens with one attached hydrogen (secondary N) is 1. The Morgan fingerprint density at radius 3 is 2.53 bits per heavy atom. The Balaban J connectivity index is 2.19. The van der Waals surface area contributed by atoms with Crippen molar-refractivity contribution in [3.05, 3.63) is 35.2 Å². The molecule has 1 heterocycles. The molecule has 0 bridgehead atoms. The number of carboxylic acids is 1. The predicted octanol–water partition coefficient (Wildman–Crippen LogP) is 3.66. The standard InChI is InChI=1S/C15H19NO2S/c1-9(2)14(15(17)18)16-10(3)13-8-11-6-4-5-7-12(11)19-13/h4-10,14,16H,1-3H3,(H,17,18). The molecule has 0 fully saturated rings. The van der Waals surface area contributed by atoms with Crippen LogP contribution in [0.3, 0.4) is 0 Å². The van der Waals surface area contributed by atoms with Gasteiger partial charge in [0.2, 0.25) is 0 Å². The van der Waals surface area contributed by atoms with Crippen LogP contribution in [-0.4, -0.2) is 17.1 Å². The van der Waals surface area contributed by atoms with Crippen molar-refractivity contribution >= 4 is 27.4 Å². The molecule has 0 aliphatic carbocycles. The lowest BCUT2D eigenvalue weighted by molar-refractivity contribution is -0.140. The zero-order valence-corrected chi connectivity index (χ0v) is 12.2. The number of hydrogen-bond donors (Lipinski definition) is 2. The molecule has 1 aromatic carbocycles. The molecule has 2 rings (SSSR count). The maximum absolute atomic E-state index is 11.2. The van der Waals surface area contributed by atoms with Gasteiger partial charge in [0.05, 0.1) is 0 Å². The summed E-state index contributed by atoms with van der Waals surface area (Å²) in [6.07, 6.45) is 0. The van der Waals surface area contributed by atoms with E-state index in [1.165, 1.54) is 15.0 Å². The maximum atomic E-state index is 11.2. The van der Waals surface area contributed by atoms with Crippen LogP contribution in [0.4, 0.5) is 0 Å². The largest absolute Gasteiger partial charge is 0.480 e. The monoisotopic (exact) mass is 277 g/mol. The third kappa shape index (κ3) is 3.14. The van der Waals surface area contributed by atoms with Crippen molar-refractivity contribution in [1.82, 2.24) is 5.32 Å². The van der Waals surface area contributed by atoms with Crippen LogP contribution < -0.4 is 5.32 Å². The van der Waals surface area contributed by atoms with E-state index in [4.69, 9.17) is 0 Å². The van der Waals surface area contributed by atoms with Gasteiger partial charge in [-0.25, -0.2) is 0 Å². The fraction of sp³-hybridized carbons (Fsp3) is 0.400. The topological polar surface area (TPSA) is 49.3 Å². The lowest BCUT2D eigenvalue weighted by Crippen LogP contribution is -2.41. The van der Waals surface area contributed by atoms with Gasteiger partial charge in [0, 0.05) is 15.6 Å². The van der Waals surface area contributed by atoms with E-state index in [-0.39, 0.29) is 12.0 Å². The highest BCUT2D eigenvalue weighted by atomic mass is 32.1. The number of carbonyl (C=O) groups is 1. The van der Waals surface area contributed by atoms with Crippen molar-refractivity contribution in [2.45, 2.75) is 32.9 Å². The Morgan fingerprint density at radius 1 is 1.26 bits per heavy atom. The summed E-state index contributed by atoms with van der Waals surface area (Å²) in [4.78, 5) is 12.4. The first-order chi connectivity index (χ1) is 8.99. The molecule has 19 heavy (non-hydrogen) atoms. The molecule has 0 saturated carbocycles. The Bertz CT molecular complexity index is 543. The Labute approximate surface area is 117 Å². The zero-order valence-electron chi connectivity index (χ0n) is 11.4. The van der Waals surface area contributed by atoms with Crippen LogP contribution in [0.25, 0.3) is 10.1 Å². The van der Waals surface area contributed by atoms with Crippen molar-refractivity contribution in [1.29, 1.82) is 0 Å². The summed E-state index contributed by atoms with van der Waals surface area (Å²) in [7, 11) is 0. The van der Waals surface area contributed by atoms with E-state index in [0.29, 0.717) is 0 Å². The van der Waals surface area contributed by atoms with E-state index in [2.05, 4.69) is 23.5 Å². The minimum atomic E-state index is -0.789. The molecular formula is C15H19NO2S. The molecule has 2 atom stereocenters. The van der Waals surface area contributed by atoms with E-state index in [0.717, 1.165) is 0 Å². The number of hydrogen-bond acceptors (Lipinski definition) is 3. The fourth-order valence-electron chi connectivity index (χ4n) is 2.12. The van der Waals surface area contributed by atoms with Gasteiger partial charge in [-0.3, -0.25) is 10.1 Å². The normalized spacial score (nSPS) is 14.7. The van der Waals surface area contributed by atoms with Gasteiger partial charge in [-0.1, -0.05) is 32.0 Å². The molecule has 0 spiro atoms. The van der Waals surface area contributed by atoms with Gasteiger partial charge in [0.15, 0.2) is 0 Å². The van der Waals surface area contributed by atoms with Crippen LogP contribution in [0.2, 0.25) is 0 Å². The van der Waals surface area contributed by atoms with Gasteiger partial charge >= 0.3 is 5.97 Å². The van der Waals surface area contributed by atoms with Gasteiger partial charge in [0.1, 0.15) is 6.04 Å². The van der Waals surface area contributed by atoms with Crippen molar-refractivity contribution in [2.24, 2.45) is 5.92 Å². The highest BCUT2D eigenvalue weighted by Crippen LogP contribution is 2.30. The van der Waals surface area contributed by atoms with Crippen LogP contribution >= 0.6 is 11.3 Å². The first-order valence-electron chi connectivity index (χ1n) is 6.46. The van der Waals surface area contributed by atoms with Gasteiger partial charge in [-0.2, -0.15) is 0 Å². The highest BCUT2D eigenvalue weighted by molar-refractivity contribution is 7.19. The van der Waals surface area contributed by atoms with Gasteiger partial charge < -0.3 is 5.11 Å². The minimum absolute atomic E-state index is 0.0425. The average molecular weight is 277 g/mol. The van der Waals surface area contributed by atoms with Crippen LogP contribution in [-0.2, 0) is 4.79 Å². The smallest absolute Gasteiger partial charge is 0.320 e. The summed E-state index contributed by atoms with van der Waals surface area (Å²) in [5.74, 6) is -0.725. The molecule has 3 nitrogen and oxygen atoms in total. The lowest BCUT2D eigenvalue weighted by atomic mass is 10.0. The molecule has 1 aromatic heterocycles. The number of fused-ring (bicyclic) bond motifs is 1. The van der Waals surface area contributed by atoms with E-state index in [1.807, 2.05) is 32.9 Å². The molecule has 0 aliphatic rings. The second-order valence-electron chi connectivity index (χ2n) is 5.13. The lowest BCUT2D eigenvalue weighted by Gasteiger charge is -2.22. The summed E-state index contributed by atoms with van der Waals surface area (Å²) in [5, 5.41) is 13.6. The summed E-state index contributed by atoms with van der Waals surface area (Å²) in [6, 6.07) is 9.88. The number of benzene rings is 1. The maximum Gasteiger partial charge on any atom is 0.320 e. The number of thiophene rings is 1. The molecule has 4 heteroatoms. The molecule has 2 aromatic rings. The van der Waals surface area contributed by atoms with Gasteiger partial charge in [-0.05, 0) is 30.4 Å². The van der Waals surface area contributed by atoms with Gasteiger partial charge in [-0.15, -0.1) is 11.3 Å². The molecule has 2 unspecified atom stereocenters. The summed E-state index contributed by atoms with van der Waals surface area (Å²) in [5.41, 5.74) is 0. The Hall–Kier alpha value is -1.39. The summed E-state index contributed by atoms with van der Waals surface area (Å²) >= 11 is 1.72. The summed E-state index contributed by atoms with van der Waals surface area (Å²) < 4.78 is 1.24. The molecule has 0 aliphatic heterocycles. The van der Waals surface area contributed by atoms with E-state index >= 15 is 0 Å². The molecule has 102 valence electrons. The molecule has 0 radical (unpaired) electrons. The van der Waals surface area contributed by atoms with Crippen LogP contribution in [0.5, 0.6) is 0 Å². The SMILES string of the molecule is CC(NC(C(=O)O)C(C)C)c1cc2ccccc2s1. The molecule has 0 saturated heterocycles. The predicted molar refractivity (Wildman–Crippen MR) is 79.6 cm³/mol. The second-order valence-corrected chi connectivity index (χ2v) is 6.25. The highest BCUT2D eigenvalue weighted by Gasteiger charge is 2.24. The quantitative estimate of drug-likeness (QED) is 0.877. The fourth-order valence-corrected chi connectivity index (χ4v) is 3.19. The summed E-state index contributed by atoms with van der Waals surface area (Å²) in [6.45, 7) is 5.86. The van der Waals surface area contributed by atoms with Crippen molar-refractivity contribution in [2.75, 3.05) is 0 Å². The van der Waals surface area contributed by atoms with Crippen LogP contribution in [0, 0.1) is 5.92 Å². The van der Waals surface area contributed by atoms with Crippen molar-refractivity contribution in [3.63, 3.8) is 0 Å². The number of aliphatic carboxylic acids is 1. The Morgan fingerprint density at radius 2 is 1.95 bits per heavy atom. The second kappa shape index (κ2) is 5.72. The van der Waals surface area contributed by atoms with Crippen molar-refractivity contribution < 1.29 is 9.90 Å². The molecule has 2 N–H and O–H groups in total. The van der Waals surface area contributed by atoms with Crippen LogP contribution in [0.1, 0.15) is 31.7 Å². The number of carboxylic acid groups (broad SMARTS) is 1. The molecule has 0 amide bonds. The van der Waals surface area contributed by atoms with Gasteiger partial charge in [0.25, 0.3) is 0 Å². The van der Waals surface area contributed by atoms with E-state index in [1.54, 1.807) is 11.3 Å². The average Bonchev–Trinajstić information content (AvgIpc) is 2.78. The third-order valence-electron chi connectivity index (χ3n) is 3.23. The Kier molecular flexibility index (Phi) is 4.22. The first kappa shape index (κ1) is 14.0. The van der Waals surface area contributed by atoms with E-state index < -0.39 is 12.0 Å². The molecular weight excluding hydrogens is 258 g/mol. The minimum Gasteiger partial charge on any atom is -0.480 e. The van der Waals surface area contributed by atoms with E-state index in [9.17, 15) is 9.90 Å².